The Balaban J connectivity index is 1.41. The zero-order valence-corrected chi connectivity index (χ0v) is 13.8. The van der Waals surface area contributed by atoms with Crippen LogP contribution in [-0.2, 0) is 0 Å². The maximum Gasteiger partial charge on any atom is 0.0440 e. The monoisotopic (exact) mass is 306 g/mol. The first-order chi connectivity index (χ1) is 10.2. The van der Waals surface area contributed by atoms with Crippen molar-refractivity contribution in [2.75, 3.05) is 19.6 Å². The van der Waals surface area contributed by atoms with Crippen LogP contribution in [0.5, 0.6) is 0 Å². The molecule has 1 atom stereocenters. The van der Waals surface area contributed by atoms with Crippen molar-refractivity contribution in [3.63, 3.8) is 0 Å². The molecule has 0 bridgehead atoms. The molecule has 3 heteroatoms. The fourth-order valence-corrected chi connectivity index (χ4v) is 4.09. The van der Waals surface area contributed by atoms with Gasteiger partial charge in [0.2, 0.25) is 0 Å². The van der Waals surface area contributed by atoms with E-state index >= 15 is 0 Å². The highest BCUT2D eigenvalue weighted by atomic mass is 35.5. The van der Waals surface area contributed by atoms with Crippen LogP contribution in [0.4, 0.5) is 0 Å². The molecule has 1 unspecified atom stereocenters. The zero-order chi connectivity index (χ0) is 14.7. The number of rotatable bonds is 5. The first-order valence-corrected chi connectivity index (χ1v) is 8.83. The van der Waals surface area contributed by atoms with Crippen LogP contribution < -0.4 is 5.32 Å². The maximum atomic E-state index is 6.29. The fourth-order valence-electron chi connectivity index (χ4n) is 3.80. The Morgan fingerprint density at radius 2 is 1.90 bits per heavy atom. The summed E-state index contributed by atoms with van der Waals surface area (Å²) < 4.78 is 0. The number of nitrogens with one attached hydrogen (secondary N) is 1. The van der Waals surface area contributed by atoms with Gasteiger partial charge in [-0.25, -0.2) is 0 Å². The van der Waals surface area contributed by atoms with Crippen molar-refractivity contribution in [3.05, 3.63) is 34.9 Å². The van der Waals surface area contributed by atoms with Gasteiger partial charge in [0.15, 0.2) is 0 Å². The summed E-state index contributed by atoms with van der Waals surface area (Å²) in [5, 5.41) is 4.73. The number of benzene rings is 1. The summed E-state index contributed by atoms with van der Waals surface area (Å²) >= 11 is 6.29. The van der Waals surface area contributed by atoms with Crippen molar-refractivity contribution in [3.8, 4) is 0 Å². The van der Waals surface area contributed by atoms with Crippen LogP contribution in [0.15, 0.2) is 24.3 Å². The smallest absolute Gasteiger partial charge is 0.0440 e. The molecule has 2 nitrogen and oxygen atoms in total. The van der Waals surface area contributed by atoms with E-state index in [2.05, 4.69) is 29.3 Å². The van der Waals surface area contributed by atoms with Gasteiger partial charge < -0.3 is 10.2 Å². The van der Waals surface area contributed by atoms with Crippen LogP contribution in [0.1, 0.15) is 50.5 Å². The molecule has 0 spiro atoms. The van der Waals surface area contributed by atoms with E-state index in [1.165, 1.54) is 57.3 Å². The lowest BCUT2D eigenvalue weighted by molar-refractivity contribution is 0.187. The van der Waals surface area contributed by atoms with Crippen LogP contribution in [-0.4, -0.2) is 36.6 Å². The van der Waals surface area contributed by atoms with Gasteiger partial charge >= 0.3 is 0 Å². The summed E-state index contributed by atoms with van der Waals surface area (Å²) in [6.07, 6.45) is 6.64. The SMILES string of the molecule is CC(CN1CCCCC1)NC1CC(c2ccccc2Cl)C1. The van der Waals surface area contributed by atoms with Crippen LogP contribution in [0.2, 0.25) is 5.02 Å². The second kappa shape index (κ2) is 7.13. The fraction of sp³-hybridized carbons (Fsp3) is 0.667. The van der Waals surface area contributed by atoms with E-state index in [1.54, 1.807) is 0 Å². The van der Waals surface area contributed by atoms with Gasteiger partial charge in [0, 0.05) is 23.7 Å². The predicted octanol–water partition coefficient (Wildman–Crippen LogP) is 4.05. The van der Waals surface area contributed by atoms with Gasteiger partial charge in [-0.2, -0.15) is 0 Å². The molecule has 1 aliphatic heterocycles. The third kappa shape index (κ3) is 4.00. The van der Waals surface area contributed by atoms with Gasteiger partial charge in [-0.3, -0.25) is 0 Å². The van der Waals surface area contributed by atoms with Crippen LogP contribution in [0.25, 0.3) is 0 Å². The molecule has 1 saturated heterocycles. The van der Waals surface area contributed by atoms with Gasteiger partial charge in [0.05, 0.1) is 0 Å². The Hall–Kier alpha value is -0.570. The minimum atomic E-state index is 0.597. The number of nitrogens with zero attached hydrogens (tertiary/aromatic N) is 1. The molecule has 1 aliphatic carbocycles. The van der Waals surface area contributed by atoms with Crippen LogP contribution >= 0.6 is 11.6 Å². The predicted molar refractivity (Wildman–Crippen MR) is 90.1 cm³/mol. The molecular formula is C18H27ClN2. The summed E-state index contributed by atoms with van der Waals surface area (Å²) in [5.41, 5.74) is 1.33. The van der Waals surface area contributed by atoms with Crippen LogP contribution in [0, 0.1) is 0 Å². The highest BCUT2D eigenvalue weighted by molar-refractivity contribution is 6.31. The molecule has 0 amide bonds. The lowest BCUT2D eigenvalue weighted by atomic mass is 9.75. The van der Waals surface area contributed by atoms with Crippen molar-refractivity contribution in [1.82, 2.24) is 10.2 Å². The highest BCUT2D eigenvalue weighted by Crippen LogP contribution is 2.40. The standard InChI is InChI=1S/C18H27ClN2/c1-14(13-21-9-5-2-6-10-21)20-16-11-15(12-16)17-7-3-4-8-18(17)19/h3-4,7-8,14-16,20H,2,5-6,9-13H2,1H3. The number of hydrogen-bond donors (Lipinski definition) is 1. The van der Waals surface area contributed by atoms with Crippen molar-refractivity contribution in [1.29, 1.82) is 0 Å². The second-order valence-corrected chi connectivity index (χ2v) is 7.22. The summed E-state index contributed by atoms with van der Waals surface area (Å²) in [6.45, 7) is 6.11. The lowest BCUT2D eigenvalue weighted by Crippen LogP contribution is -2.49. The van der Waals surface area contributed by atoms with E-state index in [9.17, 15) is 0 Å². The normalized spacial score (nSPS) is 28.1. The Labute approximate surface area is 133 Å². The molecule has 116 valence electrons. The number of likely N-dealkylation sites (tertiary alicyclic amines) is 1. The molecule has 3 rings (SSSR count). The Morgan fingerprint density at radius 3 is 2.62 bits per heavy atom. The Kier molecular flexibility index (Phi) is 5.20. The molecule has 1 saturated carbocycles. The summed E-state index contributed by atoms with van der Waals surface area (Å²) in [4.78, 5) is 2.62. The average molecular weight is 307 g/mol. The van der Waals surface area contributed by atoms with Gasteiger partial charge in [-0.1, -0.05) is 36.2 Å². The van der Waals surface area contributed by atoms with E-state index in [0.29, 0.717) is 18.0 Å². The van der Waals surface area contributed by atoms with E-state index in [4.69, 9.17) is 11.6 Å². The third-order valence-corrected chi connectivity index (χ3v) is 5.33. The molecule has 1 heterocycles. The molecular weight excluding hydrogens is 280 g/mol. The topological polar surface area (TPSA) is 15.3 Å². The van der Waals surface area contributed by atoms with E-state index in [-0.39, 0.29) is 0 Å². The quantitative estimate of drug-likeness (QED) is 0.883. The molecule has 0 aromatic heterocycles. The minimum absolute atomic E-state index is 0.597. The molecule has 1 aromatic rings. The van der Waals surface area contributed by atoms with Crippen molar-refractivity contribution < 1.29 is 0 Å². The molecule has 21 heavy (non-hydrogen) atoms. The highest BCUT2D eigenvalue weighted by Gasteiger charge is 2.32. The first kappa shape index (κ1) is 15.3. The third-order valence-electron chi connectivity index (χ3n) is 4.98. The molecule has 2 aliphatic rings. The Bertz CT molecular complexity index is 450. The van der Waals surface area contributed by atoms with Crippen molar-refractivity contribution in [2.24, 2.45) is 0 Å². The molecule has 1 N–H and O–H groups in total. The summed E-state index contributed by atoms with van der Waals surface area (Å²) in [6, 6.07) is 9.57. The molecule has 1 aromatic carbocycles. The van der Waals surface area contributed by atoms with E-state index in [0.717, 1.165) is 5.02 Å². The van der Waals surface area contributed by atoms with Gasteiger partial charge in [0.25, 0.3) is 0 Å². The van der Waals surface area contributed by atoms with Gasteiger partial charge in [0.1, 0.15) is 0 Å². The number of hydrogen-bond acceptors (Lipinski definition) is 2. The Morgan fingerprint density at radius 1 is 1.19 bits per heavy atom. The van der Waals surface area contributed by atoms with E-state index in [1.807, 2.05) is 12.1 Å². The zero-order valence-electron chi connectivity index (χ0n) is 13.0. The summed E-state index contributed by atoms with van der Waals surface area (Å²) in [7, 11) is 0. The second-order valence-electron chi connectivity index (χ2n) is 6.82. The lowest BCUT2D eigenvalue weighted by Gasteiger charge is -2.39. The van der Waals surface area contributed by atoms with Crippen molar-refractivity contribution in [2.45, 2.75) is 57.0 Å². The largest absolute Gasteiger partial charge is 0.310 e. The molecule has 0 radical (unpaired) electrons. The first-order valence-electron chi connectivity index (χ1n) is 8.45. The summed E-state index contributed by atoms with van der Waals surface area (Å²) in [5.74, 6) is 0.651. The van der Waals surface area contributed by atoms with Crippen LogP contribution in [0.3, 0.4) is 0 Å². The van der Waals surface area contributed by atoms with Gasteiger partial charge in [-0.05, 0) is 63.2 Å². The van der Waals surface area contributed by atoms with E-state index < -0.39 is 0 Å². The molecule has 2 fully saturated rings. The minimum Gasteiger partial charge on any atom is -0.310 e. The van der Waals surface area contributed by atoms with Gasteiger partial charge in [-0.15, -0.1) is 0 Å². The number of piperidine rings is 1. The average Bonchev–Trinajstić information content (AvgIpc) is 2.45. The van der Waals surface area contributed by atoms with Crippen molar-refractivity contribution >= 4 is 11.6 Å². The number of halogens is 1. The maximum absolute atomic E-state index is 6.29.